The standard InChI is InChI=1S/C10H5BrClFN2/c11-8-2-1-6(13)5-7(8)9-10(12)15-4-3-14-9/h1-5H. The number of rotatable bonds is 1. The minimum atomic E-state index is -0.338. The van der Waals surface area contributed by atoms with Crippen molar-refractivity contribution >= 4 is 27.5 Å². The molecule has 0 aliphatic carbocycles. The molecule has 5 heteroatoms. The summed E-state index contributed by atoms with van der Waals surface area (Å²) in [5, 5.41) is 0.254. The largest absolute Gasteiger partial charge is 0.251 e. The Labute approximate surface area is 99.3 Å². The van der Waals surface area contributed by atoms with Crippen LogP contribution in [0, 0.1) is 5.82 Å². The first kappa shape index (κ1) is 10.5. The Morgan fingerprint density at radius 3 is 2.67 bits per heavy atom. The molecule has 0 fully saturated rings. The van der Waals surface area contributed by atoms with Gasteiger partial charge in [-0.15, -0.1) is 0 Å². The lowest BCUT2D eigenvalue weighted by molar-refractivity contribution is 0.628. The Morgan fingerprint density at radius 1 is 1.20 bits per heavy atom. The topological polar surface area (TPSA) is 25.8 Å². The molecule has 0 atom stereocenters. The maximum absolute atomic E-state index is 13.1. The van der Waals surface area contributed by atoms with Gasteiger partial charge in [0.05, 0.1) is 0 Å². The number of nitrogens with zero attached hydrogens (tertiary/aromatic N) is 2. The Bertz CT molecular complexity index is 505. The summed E-state index contributed by atoms with van der Waals surface area (Å²) < 4.78 is 13.8. The van der Waals surface area contributed by atoms with Crippen LogP contribution < -0.4 is 0 Å². The van der Waals surface area contributed by atoms with Crippen molar-refractivity contribution in [3.63, 3.8) is 0 Å². The van der Waals surface area contributed by atoms with E-state index in [4.69, 9.17) is 11.6 Å². The third-order valence-electron chi connectivity index (χ3n) is 1.84. The van der Waals surface area contributed by atoms with E-state index in [9.17, 15) is 4.39 Å². The molecule has 2 rings (SSSR count). The number of hydrogen-bond acceptors (Lipinski definition) is 2. The van der Waals surface area contributed by atoms with Gasteiger partial charge in [-0.1, -0.05) is 27.5 Å². The fraction of sp³-hybridized carbons (Fsp3) is 0. The summed E-state index contributed by atoms with van der Waals surface area (Å²) in [4.78, 5) is 7.95. The predicted molar refractivity (Wildman–Crippen MR) is 60.1 cm³/mol. The van der Waals surface area contributed by atoms with E-state index in [2.05, 4.69) is 25.9 Å². The van der Waals surface area contributed by atoms with Gasteiger partial charge in [0.1, 0.15) is 11.5 Å². The van der Waals surface area contributed by atoms with Crippen molar-refractivity contribution in [3.8, 4) is 11.3 Å². The van der Waals surface area contributed by atoms with Crippen LogP contribution in [-0.2, 0) is 0 Å². The van der Waals surface area contributed by atoms with Crippen molar-refractivity contribution in [1.29, 1.82) is 0 Å². The molecule has 0 radical (unpaired) electrons. The molecule has 0 spiro atoms. The molecular weight excluding hydrogens is 282 g/mol. The van der Waals surface area contributed by atoms with E-state index >= 15 is 0 Å². The molecule has 1 heterocycles. The molecule has 0 aliphatic heterocycles. The van der Waals surface area contributed by atoms with Crippen molar-refractivity contribution in [3.05, 3.63) is 46.0 Å². The van der Waals surface area contributed by atoms with Crippen LogP contribution in [0.3, 0.4) is 0 Å². The van der Waals surface area contributed by atoms with E-state index in [1.54, 1.807) is 6.07 Å². The molecule has 1 aromatic heterocycles. The lowest BCUT2D eigenvalue weighted by atomic mass is 10.1. The second-order valence-corrected chi connectivity index (χ2v) is 4.03. The smallest absolute Gasteiger partial charge is 0.155 e. The number of halogens is 3. The summed E-state index contributed by atoms with van der Waals surface area (Å²) in [5.41, 5.74) is 1.05. The van der Waals surface area contributed by atoms with Crippen molar-refractivity contribution < 1.29 is 4.39 Å². The summed E-state index contributed by atoms with van der Waals surface area (Å²) in [6, 6.07) is 4.33. The second-order valence-electron chi connectivity index (χ2n) is 2.82. The van der Waals surface area contributed by atoms with Crippen LogP contribution in [0.5, 0.6) is 0 Å². The van der Waals surface area contributed by atoms with Gasteiger partial charge < -0.3 is 0 Å². The summed E-state index contributed by atoms with van der Waals surface area (Å²) in [6.45, 7) is 0. The van der Waals surface area contributed by atoms with Crippen molar-refractivity contribution in [2.45, 2.75) is 0 Å². The highest BCUT2D eigenvalue weighted by atomic mass is 79.9. The quantitative estimate of drug-likeness (QED) is 0.799. The minimum Gasteiger partial charge on any atom is -0.251 e. The van der Waals surface area contributed by atoms with Crippen molar-refractivity contribution in [2.75, 3.05) is 0 Å². The van der Waals surface area contributed by atoms with Crippen molar-refractivity contribution in [2.24, 2.45) is 0 Å². The summed E-state index contributed by atoms with van der Waals surface area (Å²) in [5.74, 6) is -0.338. The molecule has 0 amide bonds. The number of hydrogen-bond donors (Lipinski definition) is 0. The van der Waals surface area contributed by atoms with Gasteiger partial charge in [-0.2, -0.15) is 0 Å². The maximum Gasteiger partial charge on any atom is 0.155 e. The Hall–Kier alpha value is -1.00. The van der Waals surface area contributed by atoms with Gasteiger partial charge in [0.15, 0.2) is 5.15 Å². The molecule has 1 aromatic carbocycles. The van der Waals surface area contributed by atoms with Gasteiger partial charge in [0.25, 0.3) is 0 Å². The molecule has 0 unspecified atom stereocenters. The minimum absolute atomic E-state index is 0.254. The molecule has 2 nitrogen and oxygen atoms in total. The lowest BCUT2D eigenvalue weighted by Gasteiger charge is -2.04. The molecule has 76 valence electrons. The first-order valence-electron chi connectivity index (χ1n) is 4.10. The fourth-order valence-electron chi connectivity index (χ4n) is 1.18. The van der Waals surface area contributed by atoms with Crippen LogP contribution in [0.2, 0.25) is 5.15 Å². The van der Waals surface area contributed by atoms with Gasteiger partial charge in [-0.05, 0) is 18.2 Å². The van der Waals surface area contributed by atoms with Crippen LogP contribution in [0.1, 0.15) is 0 Å². The van der Waals surface area contributed by atoms with E-state index in [1.165, 1.54) is 24.5 Å². The Kier molecular flexibility index (Phi) is 2.98. The van der Waals surface area contributed by atoms with Crippen LogP contribution >= 0.6 is 27.5 Å². The van der Waals surface area contributed by atoms with Crippen molar-refractivity contribution in [1.82, 2.24) is 9.97 Å². The summed E-state index contributed by atoms with van der Waals surface area (Å²) in [6.07, 6.45) is 3.00. The van der Waals surface area contributed by atoms with Gasteiger partial charge in [0.2, 0.25) is 0 Å². The first-order chi connectivity index (χ1) is 7.18. The predicted octanol–water partition coefficient (Wildman–Crippen LogP) is 3.70. The van der Waals surface area contributed by atoms with E-state index < -0.39 is 0 Å². The zero-order chi connectivity index (χ0) is 10.8. The molecule has 0 bridgehead atoms. The zero-order valence-corrected chi connectivity index (χ0v) is 9.76. The van der Waals surface area contributed by atoms with E-state index in [0.717, 1.165) is 4.47 Å². The van der Waals surface area contributed by atoms with Gasteiger partial charge in [0, 0.05) is 22.4 Å². The third-order valence-corrected chi connectivity index (χ3v) is 2.81. The van der Waals surface area contributed by atoms with Gasteiger partial charge >= 0.3 is 0 Å². The first-order valence-corrected chi connectivity index (χ1v) is 5.27. The molecule has 0 aliphatic rings. The zero-order valence-electron chi connectivity index (χ0n) is 7.42. The summed E-state index contributed by atoms with van der Waals surface area (Å²) in [7, 11) is 0. The van der Waals surface area contributed by atoms with E-state index in [0.29, 0.717) is 11.3 Å². The summed E-state index contributed by atoms with van der Waals surface area (Å²) >= 11 is 9.17. The van der Waals surface area contributed by atoms with Crippen LogP contribution in [-0.4, -0.2) is 9.97 Å². The number of aromatic nitrogens is 2. The van der Waals surface area contributed by atoms with Gasteiger partial charge in [-0.25, -0.2) is 9.37 Å². The Balaban J connectivity index is 2.64. The molecule has 2 aromatic rings. The van der Waals surface area contributed by atoms with Crippen LogP contribution in [0.15, 0.2) is 35.1 Å². The highest BCUT2D eigenvalue weighted by Crippen LogP contribution is 2.30. The normalized spacial score (nSPS) is 10.3. The molecule has 15 heavy (non-hydrogen) atoms. The van der Waals surface area contributed by atoms with Crippen LogP contribution in [0.25, 0.3) is 11.3 Å². The van der Waals surface area contributed by atoms with E-state index in [-0.39, 0.29) is 11.0 Å². The van der Waals surface area contributed by atoms with E-state index in [1.807, 2.05) is 0 Å². The Morgan fingerprint density at radius 2 is 1.93 bits per heavy atom. The molecule has 0 saturated heterocycles. The van der Waals surface area contributed by atoms with Crippen LogP contribution in [0.4, 0.5) is 4.39 Å². The third kappa shape index (κ3) is 2.16. The maximum atomic E-state index is 13.1. The second kappa shape index (κ2) is 4.24. The molecule has 0 saturated carbocycles. The average molecular weight is 288 g/mol. The number of benzene rings is 1. The lowest BCUT2D eigenvalue weighted by Crippen LogP contribution is -1.89. The SMILES string of the molecule is Fc1ccc(Br)c(-c2nccnc2Cl)c1. The highest BCUT2D eigenvalue weighted by molar-refractivity contribution is 9.10. The monoisotopic (exact) mass is 286 g/mol. The molecular formula is C10H5BrClFN2. The average Bonchev–Trinajstić information content (AvgIpc) is 2.23. The fourth-order valence-corrected chi connectivity index (χ4v) is 1.82. The molecule has 0 N–H and O–H groups in total. The highest BCUT2D eigenvalue weighted by Gasteiger charge is 2.10. The van der Waals surface area contributed by atoms with Gasteiger partial charge in [-0.3, -0.25) is 4.98 Å².